The summed E-state index contributed by atoms with van der Waals surface area (Å²) in [6.45, 7) is 2.04. The van der Waals surface area contributed by atoms with Gasteiger partial charge in [-0.1, -0.05) is 18.2 Å². The molecular formula is C20H18FN3OS2. The van der Waals surface area contributed by atoms with Crippen molar-refractivity contribution in [3.8, 4) is 0 Å². The Labute approximate surface area is 166 Å². The Bertz CT molecular complexity index is 927. The van der Waals surface area contributed by atoms with Gasteiger partial charge in [0.2, 0.25) is 0 Å². The maximum absolute atomic E-state index is 13.7. The van der Waals surface area contributed by atoms with Gasteiger partial charge < -0.3 is 16.0 Å². The summed E-state index contributed by atoms with van der Waals surface area (Å²) in [4.78, 5) is 13.3. The molecule has 0 aliphatic carbocycles. The van der Waals surface area contributed by atoms with Gasteiger partial charge in [0.1, 0.15) is 5.82 Å². The van der Waals surface area contributed by atoms with Crippen LogP contribution < -0.4 is 16.0 Å². The molecule has 3 rings (SSSR count). The molecule has 138 valence electrons. The topological polar surface area (TPSA) is 53.2 Å². The number of hydrogen-bond acceptors (Lipinski definition) is 3. The third-order valence-corrected chi connectivity index (χ3v) is 5.11. The molecule has 4 nitrogen and oxygen atoms in total. The van der Waals surface area contributed by atoms with E-state index in [4.69, 9.17) is 12.2 Å². The molecule has 0 radical (unpaired) electrons. The molecule has 0 bridgehead atoms. The number of halogens is 1. The van der Waals surface area contributed by atoms with Crippen LogP contribution in [0.1, 0.15) is 28.2 Å². The summed E-state index contributed by atoms with van der Waals surface area (Å²) >= 11 is 7.01. The monoisotopic (exact) mass is 399 g/mol. The highest BCUT2D eigenvalue weighted by Crippen LogP contribution is 2.19. The molecule has 0 aliphatic heterocycles. The van der Waals surface area contributed by atoms with Crippen molar-refractivity contribution >= 4 is 45.9 Å². The highest BCUT2D eigenvalue weighted by atomic mass is 32.1. The van der Waals surface area contributed by atoms with Gasteiger partial charge in [0.05, 0.1) is 11.6 Å². The van der Waals surface area contributed by atoms with Crippen molar-refractivity contribution in [3.05, 3.63) is 82.3 Å². The zero-order valence-electron chi connectivity index (χ0n) is 14.5. The van der Waals surface area contributed by atoms with E-state index >= 15 is 0 Å². The summed E-state index contributed by atoms with van der Waals surface area (Å²) in [5.74, 6) is -1.04. The largest absolute Gasteiger partial charge is 0.355 e. The van der Waals surface area contributed by atoms with Crippen LogP contribution in [0.3, 0.4) is 0 Å². The number of amides is 1. The van der Waals surface area contributed by atoms with Crippen LogP contribution in [0.25, 0.3) is 0 Å². The number of carbonyl (C=O) groups excluding carboxylic acids is 1. The van der Waals surface area contributed by atoms with Crippen LogP contribution >= 0.6 is 23.6 Å². The van der Waals surface area contributed by atoms with Crippen LogP contribution in [0.15, 0.2) is 66.0 Å². The lowest BCUT2D eigenvalue weighted by atomic mass is 10.2. The molecule has 3 N–H and O–H groups in total. The van der Waals surface area contributed by atoms with Crippen LogP contribution in [-0.2, 0) is 0 Å². The lowest BCUT2D eigenvalue weighted by Gasteiger charge is -2.16. The summed E-state index contributed by atoms with van der Waals surface area (Å²) in [6, 6.07) is 17.1. The minimum atomic E-state index is -0.551. The molecule has 0 saturated heterocycles. The van der Waals surface area contributed by atoms with Gasteiger partial charge in [0.25, 0.3) is 5.91 Å². The molecule has 0 fully saturated rings. The quantitative estimate of drug-likeness (QED) is 0.517. The summed E-state index contributed by atoms with van der Waals surface area (Å²) < 4.78 is 13.7. The lowest BCUT2D eigenvalue weighted by Crippen LogP contribution is -2.30. The second-order valence-electron chi connectivity index (χ2n) is 5.85. The standard InChI is InChI=1S/C20H18FN3OS2/c1-13(18-7-4-12-27-18)22-20(26)24-15-10-8-14(9-11-15)23-19(25)16-5-2-3-6-17(16)21/h2-13H,1H3,(H,23,25)(H2,22,24,26). The van der Waals surface area contributed by atoms with Crippen molar-refractivity contribution in [3.63, 3.8) is 0 Å². The van der Waals surface area contributed by atoms with Gasteiger partial charge in [-0.05, 0) is 67.0 Å². The summed E-state index contributed by atoms with van der Waals surface area (Å²) in [5, 5.41) is 11.5. The molecule has 27 heavy (non-hydrogen) atoms. The first kappa shape index (κ1) is 19.0. The Balaban J connectivity index is 1.56. The minimum Gasteiger partial charge on any atom is -0.355 e. The van der Waals surface area contributed by atoms with Crippen molar-refractivity contribution in [2.45, 2.75) is 13.0 Å². The van der Waals surface area contributed by atoms with Crippen LogP contribution in [0.5, 0.6) is 0 Å². The zero-order chi connectivity index (χ0) is 19.2. The number of anilines is 2. The van der Waals surface area contributed by atoms with Gasteiger partial charge in [-0.3, -0.25) is 4.79 Å². The summed E-state index contributed by atoms with van der Waals surface area (Å²) in [7, 11) is 0. The molecule has 1 amide bonds. The normalized spacial score (nSPS) is 11.5. The summed E-state index contributed by atoms with van der Waals surface area (Å²) in [5.41, 5.74) is 1.36. The van der Waals surface area contributed by atoms with E-state index in [9.17, 15) is 9.18 Å². The number of nitrogens with one attached hydrogen (secondary N) is 3. The predicted molar refractivity (Wildman–Crippen MR) is 113 cm³/mol. The highest BCUT2D eigenvalue weighted by Gasteiger charge is 2.11. The van der Waals surface area contributed by atoms with Crippen molar-refractivity contribution in [2.24, 2.45) is 0 Å². The Morgan fingerprint density at radius 2 is 1.67 bits per heavy atom. The third-order valence-electron chi connectivity index (χ3n) is 3.84. The van der Waals surface area contributed by atoms with Gasteiger partial charge in [-0.25, -0.2) is 4.39 Å². The molecule has 0 spiro atoms. The molecular weight excluding hydrogens is 381 g/mol. The van der Waals surface area contributed by atoms with Crippen LogP contribution in [0.4, 0.5) is 15.8 Å². The molecule has 3 aromatic rings. The third kappa shape index (κ3) is 5.12. The van der Waals surface area contributed by atoms with E-state index in [2.05, 4.69) is 22.0 Å². The Hall–Kier alpha value is -2.77. The van der Waals surface area contributed by atoms with Crippen LogP contribution in [-0.4, -0.2) is 11.0 Å². The molecule has 7 heteroatoms. The number of carbonyl (C=O) groups is 1. The molecule has 1 heterocycles. The second-order valence-corrected chi connectivity index (χ2v) is 7.23. The molecule has 1 atom stereocenters. The Morgan fingerprint density at radius 3 is 2.30 bits per heavy atom. The SMILES string of the molecule is CC(NC(=S)Nc1ccc(NC(=O)c2ccccc2F)cc1)c1cccs1. The Morgan fingerprint density at radius 1 is 1.00 bits per heavy atom. The molecule has 1 aromatic heterocycles. The molecule has 2 aromatic carbocycles. The van der Waals surface area contributed by atoms with Gasteiger partial charge in [0.15, 0.2) is 5.11 Å². The van der Waals surface area contributed by atoms with Crippen LogP contribution in [0.2, 0.25) is 0 Å². The average molecular weight is 400 g/mol. The minimum absolute atomic E-state index is 0.00708. The van der Waals surface area contributed by atoms with E-state index < -0.39 is 11.7 Å². The van der Waals surface area contributed by atoms with Crippen molar-refractivity contribution in [2.75, 3.05) is 10.6 Å². The fourth-order valence-corrected chi connectivity index (χ4v) is 3.48. The van der Waals surface area contributed by atoms with Gasteiger partial charge >= 0.3 is 0 Å². The van der Waals surface area contributed by atoms with Gasteiger partial charge in [0, 0.05) is 16.3 Å². The van der Waals surface area contributed by atoms with E-state index in [1.807, 2.05) is 18.4 Å². The number of rotatable bonds is 5. The maximum atomic E-state index is 13.7. The molecule has 0 aliphatic rings. The van der Waals surface area contributed by atoms with Crippen molar-refractivity contribution in [1.82, 2.24) is 5.32 Å². The van der Waals surface area contributed by atoms with Crippen LogP contribution in [0, 0.1) is 5.82 Å². The second kappa shape index (κ2) is 8.75. The average Bonchev–Trinajstić information content (AvgIpc) is 3.18. The van der Waals surface area contributed by atoms with Gasteiger partial charge in [-0.15, -0.1) is 11.3 Å². The van der Waals surface area contributed by atoms with Crippen molar-refractivity contribution in [1.29, 1.82) is 0 Å². The number of hydrogen-bond donors (Lipinski definition) is 3. The molecule has 1 unspecified atom stereocenters. The lowest BCUT2D eigenvalue weighted by molar-refractivity contribution is 0.102. The maximum Gasteiger partial charge on any atom is 0.258 e. The molecule has 0 saturated carbocycles. The smallest absolute Gasteiger partial charge is 0.258 e. The van der Waals surface area contributed by atoms with E-state index in [0.29, 0.717) is 10.8 Å². The summed E-state index contributed by atoms with van der Waals surface area (Å²) in [6.07, 6.45) is 0. The van der Waals surface area contributed by atoms with E-state index in [0.717, 1.165) is 5.69 Å². The first-order chi connectivity index (χ1) is 13.0. The van der Waals surface area contributed by atoms with Gasteiger partial charge in [-0.2, -0.15) is 0 Å². The number of thiophene rings is 1. The fraction of sp³-hybridized carbons (Fsp3) is 0.100. The van der Waals surface area contributed by atoms with E-state index in [1.54, 1.807) is 47.7 Å². The Kier molecular flexibility index (Phi) is 6.16. The number of thiocarbonyl (C=S) groups is 1. The van der Waals surface area contributed by atoms with E-state index in [-0.39, 0.29) is 11.6 Å². The first-order valence-electron chi connectivity index (χ1n) is 8.30. The highest BCUT2D eigenvalue weighted by molar-refractivity contribution is 7.80. The van der Waals surface area contributed by atoms with E-state index in [1.165, 1.54) is 17.0 Å². The fourth-order valence-electron chi connectivity index (χ4n) is 2.45. The van der Waals surface area contributed by atoms with Crippen molar-refractivity contribution < 1.29 is 9.18 Å². The number of benzene rings is 2. The predicted octanol–water partition coefficient (Wildman–Crippen LogP) is 5.19. The first-order valence-corrected chi connectivity index (χ1v) is 9.58. The zero-order valence-corrected chi connectivity index (χ0v) is 16.2.